The molecule has 0 aliphatic carbocycles. The molecule has 0 N–H and O–H groups in total. The third-order valence-corrected chi connectivity index (χ3v) is 3.01. The average molecular weight is 287 g/mol. The highest BCUT2D eigenvalue weighted by Gasteiger charge is 2.26. The molecule has 2 heterocycles. The maximum absolute atomic E-state index is 12.0. The summed E-state index contributed by atoms with van der Waals surface area (Å²) in [6.45, 7) is 2.04. The lowest BCUT2D eigenvalue weighted by Gasteiger charge is -2.33. The zero-order valence-corrected chi connectivity index (χ0v) is 11.1. The minimum Gasteiger partial charge on any atom is -0.459 e. The number of amides is 2. The van der Waals surface area contributed by atoms with Gasteiger partial charge in [0.15, 0.2) is 5.76 Å². The van der Waals surface area contributed by atoms with Crippen molar-refractivity contribution < 1.29 is 18.7 Å². The molecular weight excluding hydrogens is 272 g/mol. The molecule has 7 heteroatoms. The number of hydrogen-bond donors (Lipinski definition) is 0. The van der Waals surface area contributed by atoms with E-state index >= 15 is 0 Å². The smallest absolute Gasteiger partial charge is 0.409 e. The van der Waals surface area contributed by atoms with Gasteiger partial charge in [0.1, 0.15) is 6.61 Å². The standard InChI is InChI=1S/C12H15ClN2O4/c13-3-9-19-12(17)15-6-4-14(5-7-15)11(16)10-2-1-8-18-10/h1-2,8H,3-7,9H2. The van der Waals surface area contributed by atoms with E-state index in [1.807, 2.05) is 0 Å². The average Bonchev–Trinajstić information content (AvgIpc) is 2.98. The van der Waals surface area contributed by atoms with Gasteiger partial charge in [0.2, 0.25) is 0 Å². The van der Waals surface area contributed by atoms with Gasteiger partial charge in [-0.3, -0.25) is 4.79 Å². The van der Waals surface area contributed by atoms with E-state index in [1.54, 1.807) is 21.9 Å². The maximum Gasteiger partial charge on any atom is 0.409 e. The molecule has 104 valence electrons. The number of ether oxygens (including phenoxy) is 1. The Kier molecular flexibility index (Phi) is 4.68. The minimum absolute atomic E-state index is 0.154. The summed E-state index contributed by atoms with van der Waals surface area (Å²) in [4.78, 5) is 26.8. The zero-order chi connectivity index (χ0) is 13.7. The number of hydrogen-bond acceptors (Lipinski definition) is 4. The number of halogens is 1. The third kappa shape index (κ3) is 3.41. The second kappa shape index (κ2) is 6.47. The third-order valence-electron chi connectivity index (χ3n) is 2.86. The van der Waals surface area contributed by atoms with Crippen molar-refractivity contribution in [1.29, 1.82) is 0 Å². The molecule has 1 aromatic rings. The zero-order valence-electron chi connectivity index (χ0n) is 10.4. The van der Waals surface area contributed by atoms with Crippen molar-refractivity contribution in [2.24, 2.45) is 0 Å². The molecule has 19 heavy (non-hydrogen) atoms. The molecule has 1 aliphatic rings. The number of furan rings is 1. The van der Waals surface area contributed by atoms with E-state index in [4.69, 9.17) is 20.8 Å². The van der Waals surface area contributed by atoms with E-state index in [0.29, 0.717) is 31.9 Å². The van der Waals surface area contributed by atoms with E-state index in [1.165, 1.54) is 6.26 Å². The highest BCUT2D eigenvalue weighted by atomic mass is 35.5. The fourth-order valence-electron chi connectivity index (χ4n) is 1.87. The summed E-state index contributed by atoms with van der Waals surface area (Å²) in [6, 6.07) is 3.30. The first-order chi connectivity index (χ1) is 9.22. The molecule has 1 aromatic heterocycles. The van der Waals surface area contributed by atoms with Gasteiger partial charge in [0.05, 0.1) is 12.1 Å². The van der Waals surface area contributed by atoms with Crippen molar-refractivity contribution >= 4 is 23.6 Å². The Labute approximate surface area is 115 Å². The lowest BCUT2D eigenvalue weighted by atomic mass is 10.3. The van der Waals surface area contributed by atoms with Gasteiger partial charge >= 0.3 is 6.09 Å². The Hall–Kier alpha value is -1.69. The molecule has 0 spiro atoms. The lowest BCUT2D eigenvalue weighted by molar-refractivity contribution is 0.0547. The van der Waals surface area contributed by atoms with Crippen LogP contribution in [0.5, 0.6) is 0 Å². The van der Waals surface area contributed by atoms with E-state index in [9.17, 15) is 9.59 Å². The van der Waals surface area contributed by atoms with Crippen LogP contribution in [0, 0.1) is 0 Å². The Morgan fingerprint density at radius 1 is 1.26 bits per heavy atom. The van der Waals surface area contributed by atoms with E-state index in [-0.39, 0.29) is 24.5 Å². The minimum atomic E-state index is -0.384. The van der Waals surface area contributed by atoms with Gasteiger partial charge in [0.25, 0.3) is 5.91 Å². The molecule has 6 nitrogen and oxygen atoms in total. The van der Waals surface area contributed by atoms with Crippen molar-refractivity contribution in [2.75, 3.05) is 38.7 Å². The first kappa shape index (κ1) is 13.7. The Morgan fingerprint density at radius 2 is 1.95 bits per heavy atom. The molecule has 0 aromatic carbocycles. The van der Waals surface area contributed by atoms with Gasteiger partial charge in [-0.05, 0) is 12.1 Å². The number of carbonyl (C=O) groups excluding carboxylic acids is 2. The van der Waals surface area contributed by atoms with Gasteiger partial charge in [-0.1, -0.05) is 0 Å². The fourth-order valence-corrected chi connectivity index (χ4v) is 1.94. The van der Waals surface area contributed by atoms with Crippen LogP contribution in [0.3, 0.4) is 0 Å². The molecule has 0 unspecified atom stereocenters. The normalized spacial score (nSPS) is 15.4. The molecule has 2 rings (SSSR count). The van der Waals surface area contributed by atoms with Gasteiger partial charge in [0, 0.05) is 26.2 Å². The molecule has 1 aliphatic heterocycles. The Bertz CT molecular complexity index is 427. The number of rotatable bonds is 3. The number of nitrogens with zero attached hydrogens (tertiary/aromatic N) is 2. The summed E-state index contributed by atoms with van der Waals surface area (Å²) in [5, 5.41) is 0. The Morgan fingerprint density at radius 3 is 2.53 bits per heavy atom. The highest BCUT2D eigenvalue weighted by Crippen LogP contribution is 2.10. The highest BCUT2D eigenvalue weighted by molar-refractivity contribution is 6.18. The van der Waals surface area contributed by atoms with Gasteiger partial charge in [-0.25, -0.2) is 4.79 Å². The molecule has 0 atom stereocenters. The molecule has 0 radical (unpaired) electrons. The second-order valence-electron chi connectivity index (χ2n) is 4.06. The van der Waals surface area contributed by atoms with Gasteiger partial charge in [-0.2, -0.15) is 0 Å². The summed E-state index contributed by atoms with van der Waals surface area (Å²) < 4.78 is 10.00. The fraction of sp³-hybridized carbons (Fsp3) is 0.500. The first-order valence-electron chi connectivity index (χ1n) is 6.03. The summed E-state index contributed by atoms with van der Waals surface area (Å²) in [6.07, 6.45) is 1.08. The monoisotopic (exact) mass is 286 g/mol. The number of carbonyl (C=O) groups is 2. The van der Waals surface area contributed by atoms with E-state index in [2.05, 4.69) is 0 Å². The van der Waals surface area contributed by atoms with Gasteiger partial charge < -0.3 is 19.0 Å². The SMILES string of the molecule is O=C(OCCCl)N1CCN(C(=O)c2ccco2)CC1. The maximum atomic E-state index is 12.0. The van der Waals surface area contributed by atoms with Crippen LogP contribution in [-0.2, 0) is 4.74 Å². The van der Waals surface area contributed by atoms with Crippen LogP contribution < -0.4 is 0 Å². The largest absolute Gasteiger partial charge is 0.459 e. The van der Waals surface area contributed by atoms with Crippen molar-refractivity contribution in [2.45, 2.75) is 0 Å². The van der Waals surface area contributed by atoms with Crippen molar-refractivity contribution in [1.82, 2.24) is 9.80 Å². The molecule has 1 fully saturated rings. The molecule has 1 saturated heterocycles. The predicted molar refractivity (Wildman–Crippen MR) is 68.3 cm³/mol. The molecule has 2 amide bonds. The van der Waals surface area contributed by atoms with Gasteiger partial charge in [-0.15, -0.1) is 11.6 Å². The van der Waals surface area contributed by atoms with Crippen LogP contribution in [0.25, 0.3) is 0 Å². The lowest BCUT2D eigenvalue weighted by Crippen LogP contribution is -2.50. The first-order valence-corrected chi connectivity index (χ1v) is 6.56. The van der Waals surface area contributed by atoms with Crippen LogP contribution in [0.1, 0.15) is 10.6 Å². The Balaban J connectivity index is 1.82. The van der Waals surface area contributed by atoms with Crippen LogP contribution in [0.15, 0.2) is 22.8 Å². The van der Waals surface area contributed by atoms with Crippen LogP contribution in [-0.4, -0.2) is 60.5 Å². The molecular formula is C12H15ClN2O4. The summed E-state index contributed by atoms with van der Waals surface area (Å²) in [5.41, 5.74) is 0. The molecule has 0 saturated carbocycles. The predicted octanol–water partition coefficient (Wildman–Crippen LogP) is 1.41. The van der Waals surface area contributed by atoms with Crippen molar-refractivity contribution in [3.05, 3.63) is 24.2 Å². The van der Waals surface area contributed by atoms with E-state index in [0.717, 1.165) is 0 Å². The summed E-state index contributed by atoms with van der Waals surface area (Å²) in [5.74, 6) is 0.444. The van der Waals surface area contributed by atoms with Crippen molar-refractivity contribution in [3.8, 4) is 0 Å². The van der Waals surface area contributed by atoms with Crippen LogP contribution in [0.4, 0.5) is 4.79 Å². The summed E-state index contributed by atoms with van der Waals surface area (Å²) >= 11 is 5.45. The summed E-state index contributed by atoms with van der Waals surface area (Å²) in [7, 11) is 0. The van der Waals surface area contributed by atoms with Crippen LogP contribution >= 0.6 is 11.6 Å². The van der Waals surface area contributed by atoms with E-state index < -0.39 is 0 Å². The van der Waals surface area contributed by atoms with Crippen molar-refractivity contribution in [3.63, 3.8) is 0 Å². The molecule has 0 bridgehead atoms. The number of alkyl halides is 1. The second-order valence-corrected chi connectivity index (χ2v) is 4.44. The topological polar surface area (TPSA) is 63.0 Å². The van der Waals surface area contributed by atoms with Crippen LogP contribution in [0.2, 0.25) is 0 Å². The number of piperazine rings is 1. The quantitative estimate of drug-likeness (QED) is 0.788.